The van der Waals surface area contributed by atoms with Crippen LogP contribution in [0.25, 0.3) is 11.0 Å². The van der Waals surface area contributed by atoms with Gasteiger partial charge in [0.2, 0.25) is 0 Å². The van der Waals surface area contributed by atoms with Gasteiger partial charge in [0.15, 0.2) is 5.78 Å². The van der Waals surface area contributed by atoms with E-state index < -0.39 is 8.07 Å². The smallest absolute Gasteiger partial charge is 0.258 e. The first-order chi connectivity index (χ1) is 11.2. The average molecular weight is 346 g/mol. The number of Topliss-reactive ketones (excluding diaryl/α,β-unsaturated/α-hetero) is 1. The fourth-order valence-corrected chi connectivity index (χ4v) is 3.77. The molecule has 4 nitrogen and oxygen atoms in total. The second kappa shape index (κ2) is 6.93. The van der Waals surface area contributed by atoms with Crippen LogP contribution >= 0.6 is 0 Å². The minimum atomic E-state index is -1.65. The molecule has 0 bridgehead atoms. The first-order valence-corrected chi connectivity index (χ1v) is 12.1. The van der Waals surface area contributed by atoms with E-state index in [2.05, 4.69) is 19.6 Å². The molecule has 24 heavy (non-hydrogen) atoms. The van der Waals surface area contributed by atoms with Crippen LogP contribution in [0.5, 0.6) is 0 Å². The van der Waals surface area contributed by atoms with E-state index in [1.165, 1.54) is 0 Å². The standard InChI is InChI=1S/C19H27NO3Si/c1-7-15(21)14-11-10-13-12-16(24(4,5)6)23-18(13)17(14)19(22)20(8-2)9-3/h10-12H,7-9H2,1-6H3. The zero-order chi connectivity index (χ0) is 18.1. The number of furan rings is 1. The Morgan fingerprint density at radius 3 is 2.21 bits per heavy atom. The van der Waals surface area contributed by atoms with Crippen molar-refractivity contribution < 1.29 is 14.0 Å². The fourth-order valence-electron chi connectivity index (χ4n) is 2.78. The molecule has 0 radical (unpaired) electrons. The second-order valence-electron chi connectivity index (χ2n) is 7.02. The monoisotopic (exact) mass is 345 g/mol. The maximum atomic E-state index is 13.0. The van der Waals surface area contributed by atoms with Crippen LogP contribution in [0.4, 0.5) is 0 Å². The van der Waals surface area contributed by atoms with Gasteiger partial charge < -0.3 is 9.32 Å². The van der Waals surface area contributed by atoms with Crippen LogP contribution in [0.15, 0.2) is 22.6 Å². The molecular formula is C19H27NO3Si. The molecule has 1 amide bonds. The van der Waals surface area contributed by atoms with E-state index in [4.69, 9.17) is 4.42 Å². The number of carbonyl (C=O) groups is 2. The SMILES string of the molecule is CCC(=O)c1ccc2cc([Si](C)(C)C)oc2c1C(=O)N(CC)CC. The summed E-state index contributed by atoms with van der Waals surface area (Å²) in [7, 11) is -1.65. The molecule has 0 N–H and O–H groups in total. The van der Waals surface area contributed by atoms with Crippen LogP contribution in [-0.2, 0) is 0 Å². The van der Waals surface area contributed by atoms with Crippen molar-refractivity contribution in [1.82, 2.24) is 4.90 Å². The summed E-state index contributed by atoms with van der Waals surface area (Å²) in [6, 6.07) is 5.69. The molecule has 0 spiro atoms. The molecule has 130 valence electrons. The lowest BCUT2D eigenvalue weighted by molar-refractivity contribution is 0.0768. The summed E-state index contributed by atoms with van der Waals surface area (Å²) in [5.74, 6) is -0.155. The summed E-state index contributed by atoms with van der Waals surface area (Å²) >= 11 is 0. The molecule has 0 saturated heterocycles. The number of nitrogens with zero attached hydrogens (tertiary/aromatic N) is 1. The van der Waals surface area contributed by atoms with Crippen molar-refractivity contribution in [1.29, 1.82) is 0 Å². The summed E-state index contributed by atoms with van der Waals surface area (Å²) in [5, 5.41) is 1.85. The lowest BCUT2D eigenvalue weighted by Crippen LogP contribution is -2.36. The minimum absolute atomic E-state index is 0.0293. The molecule has 0 aliphatic rings. The minimum Gasteiger partial charge on any atom is -0.465 e. The van der Waals surface area contributed by atoms with Crippen LogP contribution in [-0.4, -0.2) is 37.8 Å². The number of hydrogen-bond donors (Lipinski definition) is 0. The van der Waals surface area contributed by atoms with E-state index in [0.717, 1.165) is 10.8 Å². The van der Waals surface area contributed by atoms with Crippen LogP contribution in [0.1, 0.15) is 47.9 Å². The highest BCUT2D eigenvalue weighted by atomic mass is 28.3. The third-order valence-electron chi connectivity index (χ3n) is 4.31. The topological polar surface area (TPSA) is 50.5 Å². The molecule has 0 saturated carbocycles. The highest BCUT2D eigenvalue weighted by Gasteiger charge is 2.28. The molecule has 0 atom stereocenters. The van der Waals surface area contributed by atoms with Crippen LogP contribution in [0.3, 0.4) is 0 Å². The quantitative estimate of drug-likeness (QED) is 0.586. The highest BCUT2D eigenvalue weighted by molar-refractivity contribution is 6.87. The van der Waals surface area contributed by atoms with Gasteiger partial charge in [0, 0.05) is 30.5 Å². The molecule has 0 unspecified atom stereocenters. The maximum Gasteiger partial charge on any atom is 0.258 e. The number of rotatable bonds is 6. The van der Waals surface area contributed by atoms with Crippen molar-refractivity contribution in [2.75, 3.05) is 13.1 Å². The molecule has 2 rings (SSSR count). The Labute approximate surface area is 144 Å². The van der Waals surface area contributed by atoms with E-state index in [1.54, 1.807) is 11.0 Å². The van der Waals surface area contributed by atoms with Gasteiger partial charge in [-0.25, -0.2) is 0 Å². The third kappa shape index (κ3) is 3.31. The van der Waals surface area contributed by atoms with Gasteiger partial charge in [-0.15, -0.1) is 0 Å². The number of fused-ring (bicyclic) bond motifs is 1. The van der Waals surface area contributed by atoms with Crippen LogP contribution in [0.2, 0.25) is 19.6 Å². The van der Waals surface area contributed by atoms with Crippen molar-refractivity contribution >= 4 is 36.1 Å². The van der Waals surface area contributed by atoms with E-state index in [0.29, 0.717) is 36.2 Å². The summed E-state index contributed by atoms with van der Waals surface area (Å²) in [6.07, 6.45) is 0.367. The van der Waals surface area contributed by atoms with Gasteiger partial charge in [0.1, 0.15) is 13.7 Å². The Morgan fingerprint density at radius 1 is 1.08 bits per heavy atom. The van der Waals surface area contributed by atoms with Gasteiger partial charge in [-0.1, -0.05) is 32.6 Å². The van der Waals surface area contributed by atoms with Gasteiger partial charge in [-0.2, -0.15) is 0 Å². The fraction of sp³-hybridized carbons (Fsp3) is 0.474. The van der Waals surface area contributed by atoms with Gasteiger partial charge >= 0.3 is 0 Å². The summed E-state index contributed by atoms with van der Waals surface area (Å²) < 4.78 is 6.12. The van der Waals surface area contributed by atoms with Crippen molar-refractivity contribution in [3.63, 3.8) is 0 Å². The van der Waals surface area contributed by atoms with Gasteiger partial charge in [0.25, 0.3) is 5.91 Å². The zero-order valence-electron chi connectivity index (χ0n) is 15.5. The van der Waals surface area contributed by atoms with Crippen molar-refractivity contribution in [2.45, 2.75) is 46.8 Å². The van der Waals surface area contributed by atoms with E-state index in [9.17, 15) is 9.59 Å². The number of benzene rings is 1. The molecule has 1 aromatic carbocycles. The Balaban J connectivity index is 2.76. The summed E-state index contributed by atoms with van der Waals surface area (Å²) in [6.45, 7) is 13.5. The predicted molar refractivity (Wildman–Crippen MR) is 101 cm³/mol. The van der Waals surface area contributed by atoms with Crippen molar-refractivity contribution in [3.05, 3.63) is 29.3 Å². The summed E-state index contributed by atoms with van der Waals surface area (Å²) in [4.78, 5) is 27.2. The van der Waals surface area contributed by atoms with E-state index in [1.807, 2.05) is 32.9 Å². The lowest BCUT2D eigenvalue weighted by Gasteiger charge is -2.20. The Morgan fingerprint density at radius 2 is 1.71 bits per heavy atom. The van der Waals surface area contributed by atoms with E-state index in [-0.39, 0.29) is 11.7 Å². The third-order valence-corrected chi connectivity index (χ3v) is 6.04. The largest absolute Gasteiger partial charge is 0.465 e. The molecule has 0 aliphatic carbocycles. The number of hydrogen-bond acceptors (Lipinski definition) is 3. The molecule has 1 heterocycles. The maximum absolute atomic E-state index is 13.0. The first-order valence-electron chi connectivity index (χ1n) is 8.64. The average Bonchev–Trinajstić information content (AvgIpc) is 2.98. The van der Waals surface area contributed by atoms with E-state index >= 15 is 0 Å². The second-order valence-corrected chi connectivity index (χ2v) is 12.0. The first kappa shape index (κ1) is 18.5. The van der Waals surface area contributed by atoms with Crippen LogP contribution in [0, 0.1) is 0 Å². The Bertz CT molecular complexity index is 767. The molecule has 0 fully saturated rings. The zero-order valence-corrected chi connectivity index (χ0v) is 16.5. The molecule has 2 aromatic rings. The molecule has 0 aliphatic heterocycles. The predicted octanol–water partition coefficient (Wildman–Crippen LogP) is 4.05. The van der Waals surface area contributed by atoms with Gasteiger partial charge in [-0.3, -0.25) is 9.59 Å². The number of carbonyl (C=O) groups excluding carboxylic acids is 2. The van der Waals surface area contributed by atoms with Gasteiger partial charge in [0.05, 0.1) is 10.9 Å². The number of ketones is 1. The Kier molecular flexibility index (Phi) is 5.33. The Hall–Kier alpha value is -1.88. The van der Waals surface area contributed by atoms with Crippen molar-refractivity contribution in [3.8, 4) is 0 Å². The highest BCUT2D eigenvalue weighted by Crippen LogP contribution is 2.27. The van der Waals surface area contributed by atoms with Crippen LogP contribution < -0.4 is 5.38 Å². The van der Waals surface area contributed by atoms with Gasteiger partial charge in [-0.05, 0) is 26.0 Å². The molecule has 5 heteroatoms. The van der Waals surface area contributed by atoms with Crippen molar-refractivity contribution in [2.24, 2.45) is 0 Å². The summed E-state index contributed by atoms with van der Waals surface area (Å²) in [5.41, 5.74) is 1.45. The number of amides is 1. The lowest BCUT2D eigenvalue weighted by atomic mass is 9.98. The molecular weight excluding hydrogens is 318 g/mol. The normalized spacial score (nSPS) is 11.8. The molecule has 1 aromatic heterocycles.